The Morgan fingerprint density at radius 1 is 1.32 bits per heavy atom. The largest absolute Gasteiger partial charge is 0.337 e. The fourth-order valence-electron chi connectivity index (χ4n) is 2.72. The summed E-state index contributed by atoms with van der Waals surface area (Å²) in [5.74, 6) is 3.27. The summed E-state index contributed by atoms with van der Waals surface area (Å²) in [6, 6.07) is 4.04. The predicted octanol–water partition coefficient (Wildman–Crippen LogP) is 2.27. The van der Waals surface area contributed by atoms with E-state index in [1.165, 1.54) is 0 Å². The SMILES string of the molecule is Cc1nnc2n1CCN(C(C)c1nc(-c3cccs3)no1)C2. The Hall–Kier alpha value is -2.06. The van der Waals surface area contributed by atoms with Crippen LogP contribution in [0.1, 0.15) is 30.5 Å². The zero-order chi connectivity index (χ0) is 15.1. The van der Waals surface area contributed by atoms with Crippen molar-refractivity contribution < 1.29 is 4.52 Å². The summed E-state index contributed by atoms with van der Waals surface area (Å²) in [5.41, 5.74) is 0. The quantitative estimate of drug-likeness (QED) is 0.738. The number of aromatic nitrogens is 5. The molecule has 3 aromatic heterocycles. The second-order valence-corrected chi connectivity index (χ2v) is 6.34. The van der Waals surface area contributed by atoms with Crippen LogP contribution in [0.4, 0.5) is 0 Å². The fourth-order valence-corrected chi connectivity index (χ4v) is 3.37. The lowest BCUT2D eigenvalue weighted by molar-refractivity contribution is 0.135. The average molecular weight is 316 g/mol. The van der Waals surface area contributed by atoms with Gasteiger partial charge in [0.15, 0.2) is 0 Å². The van der Waals surface area contributed by atoms with Crippen LogP contribution >= 0.6 is 11.3 Å². The molecule has 0 radical (unpaired) electrons. The topological polar surface area (TPSA) is 72.9 Å². The van der Waals surface area contributed by atoms with E-state index in [0.717, 1.165) is 36.2 Å². The molecule has 0 amide bonds. The van der Waals surface area contributed by atoms with Crippen LogP contribution in [-0.4, -0.2) is 36.3 Å². The van der Waals surface area contributed by atoms with E-state index in [2.05, 4.69) is 36.7 Å². The van der Waals surface area contributed by atoms with Crippen molar-refractivity contribution in [2.75, 3.05) is 6.54 Å². The van der Waals surface area contributed by atoms with E-state index >= 15 is 0 Å². The predicted molar refractivity (Wildman–Crippen MR) is 81.2 cm³/mol. The molecule has 4 heterocycles. The second-order valence-electron chi connectivity index (χ2n) is 5.40. The molecule has 0 fully saturated rings. The second kappa shape index (κ2) is 5.29. The molecule has 1 aliphatic heterocycles. The Morgan fingerprint density at radius 2 is 2.23 bits per heavy atom. The summed E-state index contributed by atoms with van der Waals surface area (Å²) in [6.07, 6.45) is 0. The molecule has 114 valence electrons. The normalized spacial score (nSPS) is 16.6. The molecular weight excluding hydrogens is 300 g/mol. The molecule has 7 nitrogen and oxygen atoms in total. The van der Waals surface area contributed by atoms with Gasteiger partial charge in [0, 0.05) is 13.1 Å². The van der Waals surface area contributed by atoms with Gasteiger partial charge < -0.3 is 9.09 Å². The zero-order valence-electron chi connectivity index (χ0n) is 12.4. The molecule has 22 heavy (non-hydrogen) atoms. The highest BCUT2D eigenvalue weighted by atomic mass is 32.1. The third-order valence-electron chi connectivity index (χ3n) is 4.06. The highest BCUT2D eigenvalue weighted by molar-refractivity contribution is 7.13. The van der Waals surface area contributed by atoms with Gasteiger partial charge in [-0.1, -0.05) is 11.2 Å². The third-order valence-corrected chi connectivity index (χ3v) is 4.92. The molecule has 8 heteroatoms. The molecule has 0 spiro atoms. The molecule has 0 bridgehead atoms. The lowest BCUT2D eigenvalue weighted by Gasteiger charge is -2.30. The van der Waals surface area contributed by atoms with Gasteiger partial charge in [-0.15, -0.1) is 21.5 Å². The molecule has 4 rings (SSSR count). The van der Waals surface area contributed by atoms with Crippen LogP contribution in [0.25, 0.3) is 10.7 Å². The van der Waals surface area contributed by atoms with Gasteiger partial charge in [-0.3, -0.25) is 4.90 Å². The van der Waals surface area contributed by atoms with Gasteiger partial charge in [-0.2, -0.15) is 4.98 Å². The maximum absolute atomic E-state index is 5.46. The van der Waals surface area contributed by atoms with Gasteiger partial charge in [-0.05, 0) is 25.3 Å². The van der Waals surface area contributed by atoms with Crippen molar-refractivity contribution in [3.8, 4) is 10.7 Å². The number of fused-ring (bicyclic) bond motifs is 1. The molecule has 1 aliphatic rings. The van der Waals surface area contributed by atoms with Crippen molar-refractivity contribution in [1.29, 1.82) is 0 Å². The van der Waals surface area contributed by atoms with Crippen LogP contribution in [-0.2, 0) is 13.1 Å². The first-order valence-corrected chi connectivity index (χ1v) is 8.10. The Balaban J connectivity index is 1.54. The maximum Gasteiger partial charge on any atom is 0.244 e. The Kier molecular flexibility index (Phi) is 3.27. The van der Waals surface area contributed by atoms with Crippen molar-refractivity contribution in [3.05, 3.63) is 35.1 Å². The van der Waals surface area contributed by atoms with E-state index in [9.17, 15) is 0 Å². The first-order valence-electron chi connectivity index (χ1n) is 7.22. The summed E-state index contributed by atoms with van der Waals surface area (Å²) in [5, 5.41) is 14.5. The molecular formula is C14H16N6OS. The smallest absolute Gasteiger partial charge is 0.244 e. The van der Waals surface area contributed by atoms with Crippen LogP contribution in [0.3, 0.4) is 0 Å². The Bertz CT molecular complexity index is 777. The summed E-state index contributed by atoms with van der Waals surface area (Å²) < 4.78 is 7.62. The Labute approximate surface area is 131 Å². The van der Waals surface area contributed by atoms with Crippen LogP contribution in [0.5, 0.6) is 0 Å². The number of rotatable bonds is 3. The minimum absolute atomic E-state index is 0.0620. The molecule has 3 aromatic rings. The summed E-state index contributed by atoms with van der Waals surface area (Å²) >= 11 is 1.61. The monoisotopic (exact) mass is 316 g/mol. The molecule has 1 atom stereocenters. The highest BCUT2D eigenvalue weighted by Crippen LogP contribution is 2.27. The minimum atomic E-state index is 0.0620. The van der Waals surface area contributed by atoms with Crippen molar-refractivity contribution >= 4 is 11.3 Å². The first-order chi connectivity index (χ1) is 10.7. The van der Waals surface area contributed by atoms with Gasteiger partial charge in [0.25, 0.3) is 0 Å². The van der Waals surface area contributed by atoms with Gasteiger partial charge in [-0.25, -0.2) is 0 Å². The number of nitrogens with zero attached hydrogens (tertiary/aromatic N) is 6. The molecule has 0 N–H and O–H groups in total. The van der Waals surface area contributed by atoms with Gasteiger partial charge in [0.05, 0.1) is 17.5 Å². The Morgan fingerprint density at radius 3 is 3.05 bits per heavy atom. The summed E-state index contributed by atoms with van der Waals surface area (Å²) in [6.45, 7) is 6.64. The van der Waals surface area contributed by atoms with Crippen LogP contribution < -0.4 is 0 Å². The fraction of sp³-hybridized carbons (Fsp3) is 0.429. The third kappa shape index (κ3) is 2.24. The minimum Gasteiger partial charge on any atom is -0.337 e. The molecule has 0 saturated heterocycles. The number of hydrogen-bond acceptors (Lipinski definition) is 7. The number of thiophene rings is 1. The van der Waals surface area contributed by atoms with Crippen molar-refractivity contribution in [1.82, 2.24) is 29.8 Å². The van der Waals surface area contributed by atoms with Gasteiger partial charge >= 0.3 is 0 Å². The van der Waals surface area contributed by atoms with Crippen molar-refractivity contribution in [3.63, 3.8) is 0 Å². The highest BCUT2D eigenvalue weighted by Gasteiger charge is 2.27. The van der Waals surface area contributed by atoms with Crippen LogP contribution in [0.2, 0.25) is 0 Å². The standard InChI is InChI=1S/C14H16N6OS/c1-9(14-15-13(18-21-14)11-4-3-7-22-11)19-5-6-20-10(2)16-17-12(20)8-19/h3-4,7,9H,5-6,8H2,1-2H3. The van der Waals surface area contributed by atoms with E-state index in [1.54, 1.807) is 11.3 Å². The van der Waals surface area contributed by atoms with Crippen LogP contribution in [0.15, 0.2) is 22.0 Å². The van der Waals surface area contributed by atoms with Gasteiger partial charge in [0.1, 0.15) is 11.6 Å². The van der Waals surface area contributed by atoms with Crippen LogP contribution in [0, 0.1) is 6.92 Å². The lowest BCUT2D eigenvalue weighted by Crippen LogP contribution is -2.36. The van der Waals surface area contributed by atoms with E-state index < -0.39 is 0 Å². The summed E-state index contributed by atoms with van der Waals surface area (Å²) in [7, 11) is 0. The van der Waals surface area contributed by atoms with Crippen molar-refractivity contribution in [2.45, 2.75) is 33.0 Å². The van der Waals surface area contributed by atoms with Crippen molar-refractivity contribution in [2.24, 2.45) is 0 Å². The zero-order valence-corrected chi connectivity index (χ0v) is 13.2. The number of hydrogen-bond donors (Lipinski definition) is 0. The van der Waals surface area contributed by atoms with E-state index in [0.29, 0.717) is 11.7 Å². The first kappa shape index (κ1) is 13.6. The maximum atomic E-state index is 5.46. The molecule has 1 unspecified atom stereocenters. The average Bonchev–Trinajstić information content (AvgIpc) is 3.27. The van der Waals surface area contributed by atoms with Gasteiger partial charge in [0.2, 0.25) is 11.7 Å². The number of aryl methyl sites for hydroxylation is 1. The molecule has 0 saturated carbocycles. The van der Waals surface area contributed by atoms with E-state index in [4.69, 9.17) is 4.52 Å². The molecule has 0 aliphatic carbocycles. The lowest BCUT2D eigenvalue weighted by atomic mass is 10.2. The van der Waals surface area contributed by atoms with E-state index in [-0.39, 0.29) is 6.04 Å². The summed E-state index contributed by atoms with van der Waals surface area (Å²) in [4.78, 5) is 7.85. The van der Waals surface area contributed by atoms with E-state index in [1.807, 2.05) is 24.4 Å². The molecule has 0 aromatic carbocycles.